The molecule has 0 radical (unpaired) electrons. The second-order valence-electron chi connectivity index (χ2n) is 7.31. The summed E-state index contributed by atoms with van der Waals surface area (Å²) in [4.78, 5) is 16.7. The van der Waals surface area contributed by atoms with Crippen molar-refractivity contribution in [2.45, 2.75) is 12.2 Å². The molecule has 2 atom stereocenters. The SMILES string of the molecule is CN1CCOC(CNC(=O)N2CCOC(c3cccc4ccccc34)C2)C1. The van der Waals surface area contributed by atoms with Gasteiger partial charge in [0.2, 0.25) is 0 Å². The summed E-state index contributed by atoms with van der Waals surface area (Å²) in [5.41, 5.74) is 1.14. The van der Waals surface area contributed by atoms with E-state index in [-0.39, 0.29) is 18.2 Å². The third-order valence-electron chi connectivity index (χ3n) is 5.35. The molecule has 0 saturated carbocycles. The van der Waals surface area contributed by atoms with Crippen LogP contribution < -0.4 is 5.32 Å². The molecule has 6 heteroatoms. The average molecular weight is 369 g/mol. The number of nitrogens with one attached hydrogen (secondary N) is 1. The van der Waals surface area contributed by atoms with E-state index in [1.807, 2.05) is 17.0 Å². The Morgan fingerprint density at radius 2 is 1.89 bits per heavy atom. The van der Waals surface area contributed by atoms with Gasteiger partial charge in [-0.2, -0.15) is 0 Å². The number of fused-ring (bicyclic) bond motifs is 1. The molecule has 144 valence electrons. The molecule has 0 spiro atoms. The number of nitrogens with zero attached hydrogens (tertiary/aromatic N) is 2. The molecule has 27 heavy (non-hydrogen) atoms. The van der Waals surface area contributed by atoms with E-state index in [4.69, 9.17) is 9.47 Å². The molecule has 2 saturated heterocycles. The smallest absolute Gasteiger partial charge is 0.317 e. The van der Waals surface area contributed by atoms with Crippen molar-refractivity contribution in [3.8, 4) is 0 Å². The van der Waals surface area contributed by atoms with Crippen molar-refractivity contribution in [1.82, 2.24) is 15.1 Å². The molecule has 6 nitrogen and oxygen atoms in total. The van der Waals surface area contributed by atoms with Gasteiger partial charge in [0.25, 0.3) is 0 Å². The quantitative estimate of drug-likeness (QED) is 0.902. The first kappa shape index (κ1) is 18.2. The summed E-state index contributed by atoms with van der Waals surface area (Å²) in [6, 6.07) is 14.5. The monoisotopic (exact) mass is 369 g/mol. The summed E-state index contributed by atoms with van der Waals surface area (Å²) in [5, 5.41) is 5.41. The summed E-state index contributed by atoms with van der Waals surface area (Å²) in [6.45, 7) is 4.77. The number of urea groups is 1. The van der Waals surface area contributed by atoms with E-state index >= 15 is 0 Å². The minimum absolute atomic E-state index is 0.0413. The van der Waals surface area contributed by atoms with Crippen molar-refractivity contribution in [3.63, 3.8) is 0 Å². The van der Waals surface area contributed by atoms with Crippen molar-refractivity contribution < 1.29 is 14.3 Å². The van der Waals surface area contributed by atoms with Gasteiger partial charge in [0.1, 0.15) is 6.10 Å². The highest BCUT2D eigenvalue weighted by atomic mass is 16.5. The Balaban J connectivity index is 1.39. The first-order chi connectivity index (χ1) is 13.2. The molecule has 2 aliphatic rings. The maximum atomic E-state index is 12.7. The molecule has 2 aromatic rings. The Hall–Kier alpha value is -2.15. The lowest BCUT2D eigenvalue weighted by Crippen LogP contribution is -2.51. The van der Waals surface area contributed by atoms with Gasteiger partial charge in [-0.15, -0.1) is 0 Å². The van der Waals surface area contributed by atoms with E-state index in [2.05, 4.69) is 47.6 Å². The number of morpholine rings is 2. The van der Waals surface area contributed by atoms with Gasteiger partial charge in [0.15, 0.2) is 0 Å². The van der Waals surface area contributed by atoms with Gasteiger partial charge in [-0.25, -0.2) is 4.79 Å². The van der Waals surface area contributed by atoms with Gasteiger partial charge >= 0.3 is 6.03 Å². The van der Waals surface area contributed by atoms with Crippen molar-refractivity contribution >= 4 is 16.8 Å². The van der Waals surface area contributed by atoms with Crippen LogP contribution in [0.25, 0.3) is 10.8 Å². The molecule has 2 unspecified atom stereocenters. The van der Waals surface area contributed by atoms with Crippen LogP contribution in [0.15, 0.2) is 42.5 Å². The molecule has 0 aromatic heterocycles. The van der Waals surface area contributed by atoms with E-state index in [0.717, 1.165) is 25.3 Å². The molecule has 0 bridgehead atoms. The number of benzene rings is 2. The first-order valence-electron chi connectivity index (χ1n) is 9.63. The number of amides is 2. The lowest BCUT2D eigenvalue weighted by Gasteiger charge is -2.35. The predicted molar refractivity (Wildman–Crippen MR) is 105 cm³/mol. The third-order valence-corrected chi connectivity index (χ3v) is 5.35. The topological polar surface area (TPSA) is 54.0 Å². The van der Waals surface area contributed by atoms with Crippen LogP contribution in [0.4, 0.5) is 4.79 Å². The molecular formula is C21H27N3O3. The lowest BCUT2D eigenvalue weighted by atomic mass is 9.99. The molecule has 2 heterocycles. The van der Waals surface area contributed by atoms with Gasteiger partial charge in [0, 0.05) is 26.2 Å². The lowest BCUT2D eigenvalue weighted by molar-refractivity contribution is -0.0234. The molecule has 2 aliphatic heterocycles. The van der Waals surface area contributed by atoms with Crippen molar-refractivity contribution in [1.29, 1.82) is 0 Å². The zero-order valence-electron chi connectivity index (χ0n) is 15.8. The van der Waals surface area contributed by atoms with Gasteiger partial charge in [-0.3, -0.25) is 0 Å². The van der Waals surface area contributed by atoms with Crippen LogP contribution in [0, 0.1) is 0 Å². The number of carbonyl (C=O) groups excluding carboxylic acids is 1. The number of hydrogen-bond acceptors (Lipinski definition) is 4. The third kappa shape index (κ3) is 4.24. The fourth-order valence-corrected chi connectivity index (χ4v) is 3.86. The summed E-state index contributed by atoms with van der Waals surface area (Å²) in [5.74, 6) is 0. The standard InChI is InChI=1S/C21H27N3O3/c1-23-9-11-26-17(14-23)13-22-21(25)24-10-12-27-20(15-24)19-8-4-6-16-5-2-3-7-18(16)19/h2-8,17,20H,9-15H2,1H3,(H,22,25). The number of rotatable bonds is 3. The molecule has 0 aliphatic carbocycles. The number of likely N-dealkylation sites (N-methyl/N-ethyl adjacent to an activating group) is 1. The van der Waals surface area contributed by atoms with E-state index in [9.17, 15) is 4.79 Å². The van der Waals surface area contributed by atoms with Crippen LogP contribution in [0.5, 0.6) is 0 Å². The van der Waals surface area contributed by atoms with Gasteiger partial charge in [0.05, 0.1) is 25.9 Å². The molecule has 2 aromatic carbocycles. The Kier molecular flexibility index (Phi) is 5.57. The van der Waals surface area contributed by atoms with Crippen LogP contribution in [-0.4, -0.2) is 74.9 Å². The summed E-state index contributed by atoms with van der Waals surface area (Å²) in [6.07, 6.45) is -0.0460. The number of hydrogen-bond donors (Lipinski definition) is 1. The fourth-order valence-electron chi connectivity index (χ4n) is 3.86. The van der Waals surface area contributed by atoms with Crippen molar-refractivity contribution in [2.75, 3.05) is 53.0 Å². The molecule has 2 amide bonds. The van der Waals surface area contributed by atoms with Crippen LogP contribution >= 0.6 is 0 Å². The zero-order chi connectivity index (χ0) is 18.6. The zero-order valence-corrected chi connectivity index (χ0v) is 15.8. The van der Waals surface area contributed by atoms with Crippen LogP contribution in [0.2, 0.25) is 0 Å². The summed E-state index contributed by atoms with van der Waals surface area (Å²) >= 11 is 0. The normalized spacial score (nSPS) is 24.1. The summed E-state index contributed by atoms with van der Waals surface area (Å²) < 4.78 is 11.7. The highest BCUT2D eigenvalue weighted by Gasteiger charge is 2.27. The Morgan fingerprint density at radius 3 is 2.78 bits per heavy atom. The first-order valence-corrected chi connectivity index (χ1v) is 9.63. The highest BCUT2D eigenvalue weighted by molar-refractivity contribution is 5.86. The molecule has 1 N–H and O–H groups in total. The predicted octanol–water partition coefficient (Wildman–Crippen LogP) is 2.25. The second-order valence-corrected chi connectivity index (χ2v) is 7.31. The second kappa shape index (κ2) is 8.25. The van der Waals surface area contributed by atoms with Gasteiger partial charge in [-0.1, -0.05) is 42.5 Å². The average Bonchev–Trinajstić information content (AvgIpc) is 2.72. The fraction of sp³-hybridized carbons (Fsp3) is 0.476. The van der Waals surface area contributed by atoms with Crippen molar-refractivity contribution in [2.24, 2.45) is 0 Å². The molecule has 2 fully saturated rings. The van der Waals surface area contributed by atoms with Crippen molar-refractivity contribution in [3.05, 3.63) is 48.0 Å². The van der Waals surface area contributed by atoms with Crippen LogP contribution in [0.1, 0.15) is 11.7 Å². The minimum Gasteiger partial charge on any atom is -0.374 e. The number of carbonyl (C=O) groups is 1. The maximum absolute atomic E-state index is 12.7. The Bertz CT molecular complexity index is 792. The van der Waals surface area contributed by atoms with Gasteiger partial charge < -0.3 is 24.6 Å². The highest BCUT2D eigenvalue weighted by Crippen LogP contribution is 2.29. The van der Waals surface area contributed by atoms with E-state index < -0.39 is 0 Å². The maximum Gasteiger partial charge on any atom is 0.317 e. The molecular weight excluding hydrogens is 342 g/mol. The summed E-state index contributed by atoms with van der Waals surface area (Å²) in [7, 11) is 2.08. The van der Waals surface area contributed by atoms with E-state index in [1.54, 1.807) is 0 Å². The largest absolute Gasteiger partial charge is 0.374 e. The van der Waals surface area contributed by atoms with Gasteiger partial charge in [-0.05, 0) is 23.4 Å². The minimum atomic E-state index is -0.104. The number of ether oxygens (including phenoxy) is 2. The van der Waals surface area contributed by atoms with E-state index in [1.165, 1.54) is 10.8 Å². The Morgan fingerprint density at radius 1 is 1.07 bits per heavy atom. The van der Waals surface area contributed by atoms with Crippen LogP contribution in [-0.2, 0) is 9.47 Å². The van der Waals surface area contributed by atoms with E-state index in [0.29, 0.717) is 26.2 Å². The molecule has 4 rings (SSSR count). The Labute approximate surface area is 160 Å². The van der Waals surface area contributed by atoms with Crippen LogP contribution in [0.3, 0.4) is 0 Å².